The van der Waals surface area contributed by atoms with Crippen LogP contribution < -0.4 is 0 Å². The zero-order chi connectivity index (χ0) is 13.9. The first-order chi connectivity index (χ1) is 8.77. The molecule has 3 aliphatic heterocycles. The SMILES string of the molecule is CC1(C)O[C@@H]2[C@@H](CO[C@@]3(/C=N/O)OC(C)(C)O[C@@H]23)O1. The van der Waals surface area contributed by atoms with Gasteiger partial charge in [0.1, 0.15) is 24.5 Å². The molecule has 0 radical (unpaired) electrons. The minimum absolute atomic E-state index is 0.224. The first kappa shape index (κ1) is 13.3. The summed E-state index contributed by atoms with van der Waals surface area (Å²) in [6, 6.07) is 0. The second-order valence-electron chi connectivity index (χ2n) is 5.96. The lowest BCUT2D eigenvalue weighted by molar-refractivity contribution is -0.238. The van der Waals surface area contributed by atoms with Crippen molar-refractivity contribution in [2.24, 2.45) is 5.16 Å². The summed E-state index contributed by atoms with van der Waals surface area (Å²) >= 11 is 0. The summed E-state index contributed by atoms with van der Waals surface area (Å²) in [5, 5.41) is 11.9. The Bertz CT molecular complexity index is 409. The highest BCUT2D eigenvalue weighted by atomic mass is 16.9. The van der Waals surface area contributed by atoms with E-state index in [1.807, 2.05) is 13.8 Å². The fourth-order valence-corrected chi connectivity index (χ4v) is 2.94. The number of fused-ring (bicyclic) bond motifs is 3. The number of oxime groups is 1. The predicted octanol–water partition coefficient (Wildman–Crippen LogP) is 0.844. The largest absolute Gasteiger partial charge is 0.411 e. The minimum atomic E-state index is -1.23. The van der Waals surface area contributed by atoms with E-state index in [1.165, 1.54) is 6.21 Å². The van der Waals surface area contributed by atoms with Gasteiger partial charge >= 0.3 is 0 Å². The Kier molecular flexibility index (Phi) is 2.72. The minimum Gasteiger partial charge on any atom is -0.411 e. The number of hydrogen-bond acceptors (Lipinski definition) is 7. The maximum absolute atomic E-state index is 8.86. The molecule has 0 aromatic heterocycles. The molecule has 3 fully saturated rings. The molecule has 0 saturated carbocycles. The average Bonchev–Trinajstić information content (AvgIpc) is 2.71. The summed E-state index contributed by atoms with van der Waals surface area (Å²) in [4.78, 5) is 0. The molecule has 7 nitrogen and oxygen atoms in total. The molecule has 108 valence electrons. The predicted molar refractivity (Wildman–Crippen MR) is 62.8 cm³/mol. The lowest BCUT2D eigenvalue weighted by Crippen LogP contribution is -2.59. The summed E-state index contributed by atoms with van der Waals surface area (Å²) in [6.45, 7) is 7.52. The molecule has 3 saturated heterocycles. The van der Waals surface area contributed by atoms with Crippen molar-refractivity contribution in [1.29, 1.82) is 0 Å². The normalized spacial score (nSPS) is 47.3. The molecule has 3 heterocycles. The van der Waals surface area contributed by atoms with Gasteiger partial charge in [-0.1, -0.05) is 5.16 Å². The van der Waals surface area contributed by atoms with Gasteiger partial charge in [-0.3, -0.25) is 0 Å². The second kappa shape index (κ2) is 3.89. The summed E-state index contributed by atoms with van der Waals surface area (Å²) < 4.78 is 29.0. The average molecular weight is 273 g/mol. The van der Waals surface area contributed by atoms with Crippen molar-refractivity contribution >= 4 is 6.21 Å². The van der Waals surface area contributed by atoms with E-state index in [4.69, 9.17) is 28.9 Å². The lowest BCUT2D eigenvalue weighted by Gasteiger charge is -2.37. The molecule has 3 rings (SSSR count). The molecule has 4 atom stereocenters. The monoisotopic (exact) mass is 273 g/mol. The summed E-state index contributed by atoms with van der Waals surface area (Å²) in [5.74, 6) is -2.78. The third-order valence-corrected chi connectivity index (χ3v) is 3.44. The van der Waals surface area contributed by atoms with Crippen LogP contribution in [0.2, 0.25) is 0 Å². The van der Waals surface area contributed by atoms with E-state index in [0.29, 0.717) is 0 Å². The Morgan fingerprint density at radius 1 is 1.11 bits per heavy atom. The molecule has 7 heteroatoms. The summed E-state index contributed by atoms with van der Waals surface area (Å²) in [5.41, 5.74) is 0. The van der Waals surface area contributed by atoms with Crippen LogP contribution in [-0.4, -0.2) is 53.7 Å². The van der Waals surface area contributed by atoms with E-state index in [9.17, 15) is 0 Å². The molecular formula is C12H19NO6. The maximum Gasteiger partial charge on any atom is 0.241 e. The zero-order valence-electron chi connectivity index (χ0n) is 11.5. The van der Waals surface area contributed by atoms with Crippen LogP contribution in [0.15, 0.2) is 5.16 Å². The number of ether oxygens (including phenoxy) is 5. The van der Waals surface area contributed by atoms with Gasteiger partial charge in [0.2, 0.25) is 5.79 Å². The lowest BCUT2D eigenvalue weighted by atomic mass is 9.98. The van der Waals surface area contributed by atoms with Crippen LogP contribution >= 0.6 is 0 Å². The molecule has 0 bridgehead atoms. The first-order valence-electron chi connectivity index (χ1n) is 6.33. The third-order valence-electron chi connectivity index (χ3n) is 3.44. The van der Waals surface area contributed by atoms with Gasteiger partial charge < -0.3 is 28.9 Å². The van der Waals surface area contributed by atoms with Crippen LogP contribution in [-0.2, 0) is 23.7 Å². The summed E-state index contributed by atoms with van der Waals surface area (Å²) in [6.07, 6.45) is 0.109. The second-order valence-corrected chi connectivity index (χ2v) is 5.96. The van der Waals surface area contributed by atoms with E-state index in [2.05, 4.69) is 5.16 Å². The van der Waals surface area contributed by atoms with Crippen molar-refractivity contribution in [3.8, 4) is 0 Å². The highest BCUT2D eigenvalue weighted by Gasteiger charge is 2.65. The molecule has 0 amide bonds. The van der Waals surface area contributed by atoms with Gasteiger partial charge in [-0.05, 0) is 27.7 Å². The molecule has 0 spiro atoms. The van der Waals surface area contributed by atoms with Gasteiger partial charge in [-0.15, -0.1) is 0 Å². The molecule has 0 aliphatic carbocycles. The molecule has 3 aliphatic rings. The first-order valence-corrected chi connectivity index (χ1v) is 6.33. The molecular weight excluding hydrogens is 254 g/mol. The Labute approximate surface area is 111 Å². The Balaban J connectivity index is 1.94. The third kappa shape index (κ3) is 2.05. The van der Waals surface area contributed by atoms with E-state index < -0.39 is 23.5 Å². The van der Waals surface area contributed by atoms with Gasteiger partial charge in [0.15, 0.2) is 11.6 Å². The van der Waals surface area contributed by atoms with Crippen molar-refractivity contribution in [3.05, 3.63) is 0 Å². The van der Waals surface area contributed by atoms with Crippen LogP contribution in [0, 0.1) is 0 Å². The van der Waals surface area contributed by atoms with Gasteiger partial charge in [-0.2, -0.15) is 0 Å². The van der Waals surface area contributed by atoms with Crippen LogP contribution in [0.3, 0.4) is 0 Å². The fourth-order valence-electron chi connectivity index (χ4n) is 2.94. The van der Waals surface area contributed by atoms with Crippen LogP contribution in [0.4, 0.5) is 0 Å². The highest BCUT2D eigenvalue weighted by Crippen LogP contribution is 2.46. The van der Waals surface area contributed by atoms with Crippen molar-refractivity contribution in [2.75, 3.05) is 6.61 Å². The van der Waals surface area contributed by atoms with Crippen molar-refractivity contribution in [1.82, 2.24) is 0 Å². The smallest absolute Gasteiger partial charge is 0.241 e. The van der Waals surface area contributed by atoms with Gasteiger partial charge in [-0.25, -0.2) is 0 Å². The molecule has 0 aromatic rings. The molecule has 19 heavy (non-hydrogen) atoms. The Hall–Kier alpha value is -0.730. The zero-order valence-corrected chi connectivity index (χ0v) is 11.5. The van der Waals surface area contributed by atoms with Gasteiger partial charge in [0, 0.05) is 0 Å². The van der Waals surface area contributed by atoms with Crippen LogP contribution in [0.1, 0.15) is 27.7 Å². The fraction of sp³-hybridized carbons (Fsp3) is 0.917. The molecule has 1 N–H and O–H groups in total. The Morgan fingerprint density at radius 3 is 2.53 bits per heavy atom. The van der Waals surface area contributed by atoms with Crippen molar-refractivity contribution < 1.29 is 28.9 Å². The summed E-state index contributed by atoms with van der Waals surface area (Å²) in [7, 11) is 0. The van der Waals surface area contributed by atoms with Crippen molar-refractivity contribution in [3.63, 3.8) is 0 Å². The van der Waals surface area contributed by atoms with Crippen molar-refractivity contribution in [2.45, 2.75) is 63.4 Å². The number of rotatable bonds is 1. The van der Waals surface area contributed by atoms with Crippen LogP contribution in [0.5, 0.6) is 0 Å². The Morgan fingerprint density at radius 2 is 1.84 bits per heavy atom. The van der Waals surface area contributed by atoms with Crippen LogP contribution in [0.25, 0.3) is 0 Å². The van der Waals surface area contributed by atoms with Gasteiger partial charge in [0.25, 0.3) is 0 Å². The molecule has 0 unspecified atom stereocenters. The van der Waals surface area contributed by atoms with E-state index in [0.717, 1.165) is 0 Å². The topological polar surface area (TPSA) is 78.7 Å². The van der Waals surface area contributed by atoms with E-state index >= 15 is 0 Å². The highest BCUT2D eigenvalue weighted by molar-refractivity contribution is 5.68. The van der Waals surface area contributed by atoms with E-state index in [1.54, 1.807) is 13.8 Å². The quantitative estimate of drug-likeness (QED) is 0.433. The number of hydrogen-bond donors (Lipinski definition) is 1. The standard InChI is InChI=1S/C12H19NO6/c1-10(2)16-7-5-15-12(6-13-14)9(8(7)17-10)18-11(3,4)19-12/h6-9,14H,5H2,1-4H3/b13-6+/t7-,8-,9+,12+/m1/s1. The molecule has 0 aromatic carbocycles. The maximum atomic E-state index is 8.86. The van der Waals surface area contributed by atoms with E-state index in [-0.39, 0.29) is 18.8 Å². The van der Waals surface area contributed by atoms with Gasteiger partial charge in [0.05, 0.1) is 6.61 Å². The number of nitrogens with zero attached hydrogens (tertiary/aromatic N) is 1.